The number of aliphatic hydroxyl groups is 1. The van der Waals surface area contributed by atoms with Gasteiger partial charge in [-0.1, -0.05) is 29.8 Å². The van der Waals surface area contributed by atoms with Gasteiger partial charge in [-0.15, -0.1) is 11.3 Å². The predicted octanol–water partition coefficient (Wildman–Crippen LogP) is 2.33. The van der Waals surface area contributed by atoms with Gasteiger partial charge in [-0.25, -0.2) is 8.42 Å². The van der Waals surface area contributed by atoms with Crippen LogP contribution in [0.4, 0.5) is 0 Å². The van der Waals surface area contributed by atoms with Crippen LogP contribution in [0.1, 0.15) is 5.56 Å². The molecule has 1 unspecified atom stereocenters. The molecule has 7 heteroatoms. The highest BCUT2D eigenvalue weighted by atomic mass is 35.5. The molecule has 2 aromatic rings. The van der Waals surface area contributed by atoms with Gasteiger partial charge < -0.3 is 10.4 Å². The molecule has 114 valence electrons. The van der Waals surface area contributed by atoms with Gasteiger partial charge in [0.05, 0.1) is 11.9 Å². The van der Waals surface area contributed by atoms with Gasteiger partial charge in [0.1, 0.15) is 4.21 Å². The molecule has 0 saturated heterocycles. The lowest BCUT2D eigenvalue weighted by Gasteiger charge is -2.11. The summed E-state index contributed by atoms with van der Waals surface area (Å²) in [6, 6.07) is 10.6. The summed E-state index contributed by atoms with van der Waals surface area (Å²) in [5.41, 5.74) is 1.02. The van der Waals surface area contributed by atoms with Gasteiger partial charge in [-0.3, -0.25) is 0 Å². The van der Waals surface area contributed by atoms with Crippen LogP contribution in [-0.2, 0) is 16.4 Å². The van der Waals surface area contributed by atoms with Crippen LogP contribution in [0.25, 0.3) is 0 Å². The first kappa shape index (κ1) is 16.5. The van der Waals surface area contributed by atoms with Gasteiger partial charge in [-0.2, -0.15) is 0 Å². The molecule has 2 rings (SSSR count). The van der Waals surface area contributed by atoms with E-state index in [4.69, 9.17) is 11.6 Å². The highest BCUT2D eigenvalue weighted by Crippen LogP contribution is 2.18. The Kier molecular flexibility index (Phi) is 5.78. The molecule has 0 aliphatic rings. The van der Waals surface area contributed by atoms with E-state index in [1.807, 2.05) is 12.1 Å². The van der Waals surface area contributed by atoms with Crippen molar-refractivity contribution in [2.45, 2.75) is 16.9 Å². The monoisotopic (exact) mass is 345 g/mol. The lowest BCUT2D eigenvalue weighted by atomic mass is 10.2. The summed E-state index contributed by atoms with van der Waals surface area (Å²) in [7, 11) is -3.41. The fraction of sp³-hybridized carbons (Fsp3) is 0.286. The largest absolute Gasteiger partial charge is 0.391 e. The van der Waals surface area contributed by atoms with Crippen molar-refractivity contribution in [1.29, 1.82) is 0 Å². The average molecular weight is 346 g/mol. The van der Waals surface area contributed by atoms with Crippen molar-refractivity contribution in [1.82, 2.24) is 5.32 Å². The van der Waals surface area contributed by atoms with E-state index < -0.39 is 15.9 Å². The number of hydrogen-bond acceptors (Lipinski definition) is 5. The van der Waals surface area contributed by atoms with Crippen LogP contribution in [-0.4, -0.2) is 31.9 Å². The lowest BCUT2D eigenvalue weighted by Crippen LogP contribution is -2.32. The molecule has 1 aromatic heterocycles. The Hall–Kier alpha value is -0.920. The molecule has 4 nitrogen and oxygen atoms in total. The van der Waals surface area contributed by atoms with Gasteiger partial charge in [0, 0.05) is 18.1 Å². The third kappa shape index (κ3) is 5.09. The van der Waals surface area contributed by atoms with E-state index in [0.29, 0.717) is 15.8 Å². The van der Waals surface area contributed by atoms with E-state index in [9.17, 15) is 13.5 Å². The second kappa shape index (κ2) is 7.38. The quantitative estimate of drug-likeness (QED) is 0.808. The molecule has 1 atom stereocenters. The van der Waals surface area contributed by atoms with E-state index in [1.54, 1.807) is 29.6 Å². The third-order valence-corrected chi connectivity index (χ3v) is 6.37. The molecule has 0 spiro atoms. The van der Waals surface area contributed by atoms with Crippen molar-refractivity contribution in [2.75, 3.05) is 12.3 Å². The standard InChI is InChI=1S/C14H16ClNO3S2/c15-12-5-3-11(4-6-12)8-16-9-13(17)10-21(18,19)14-2-1-7-20-14/h1-7,13,16-17H,8-10H2. The first-order valence-electron chi connectivity index (χ1n) is 6.37. The molecule has 0 aliphatic heterocycles. The summed E-state index contributed by atoms with van der Waals surface area (Å²) >= 11 is 6.95. The van der Waals surface area contributed by atoms with E-state index in [-0.39, 0.29) is 12.3 Å². The Balaban J connectivity index is 1.80. The maximum Gasteiger partial charge on any atom is 0.190 e. The SMILES string of the molecule is O=S(=O)(CC(O)CNCc1ccc(Cl)cc1)c1cccs1. The number of hydrogen-bond donors (Lipinski definition) is 2. The zero-order valence-corrected chi connectivity index (χ0v) is 13.6. The Morgan fingerprint density at radius 1 is 1.24 bits per heavy atom. The zero-order valence-electron chi connectivity index (χ0n) is 11.2. The fourth-order valence-corrected chi connectivity index (χ4v) is 4.43. The first-order valence-corrected chi connectivity index (χ1v) is 9.28. The molecule has 0 saturated carbocycles. The highest BCUT2D eigenvalue weighted by molar-refractivity contribution is 7.93. The number of nitrogens with one attached hydrogen (secondary N) is 1. The van der Waals surface area contributed by atoms with Crippen molar-refractivity contribution < 1.29 is 13.5 Å². The number of sulfone groups is 1. The van der Waals surface area contributed by atoms with Crippen LogP contribution in [0.15, 0.2) is 46.0 Å². The molecule has 1 aromatic carbocycles. The van der Waals surface area contributed by atoms with E-state index in [2.05, 4.69) is 5.32 Å². The van der Waals surface area contributed by atoms with Gasteiger partial charge >= 0.3 is 0 Å². The van der Waals surface area contributed by atoms with Crippen LogP contribution in [0.5, 0.6) is 0 Å². The van der Waals surface area contributed by atoms with Crippen LogP contribution in [0, 0.1) is 0 Å². The lowest BCUT2D eigenvalue weighted by molar-refractivity contribution is 0.193. The predicted molar refractivity (Wildman–Crippen MR) is 85.5 cm³/mol. The molecule has 2 N–H and O–H groups in total. The van der Waals surface area contributed by atoms with Crippen molar-refractivity contribution in [3.8, 4) is 0 Å². The van der Waals surface area contributed by atoms with Crippen LogP contribution in [0.3, 0.4) is 0 Å². The molecular formula is C14H16ClNO3S2. The summed E-state index contributed by atoms with van der Waals surface area (Å²) in [6.45, 7) is 0.764. The van der Waals surface area contributed by atoms with Gasteiger partial charge in [-0.05, 0) is 29.1 Å². The fourth-order valence-electron chi connectivity index (χ4n) is 1.82. The average Bonchev–Trinajstić information content (AvgIpc) is 2.95. The van der Waals surface area contributed by atoms with Crippen LogP contribution < -0.4 is 5.32 Å². The molecular weight excluding hydrogens is 330 g/mol. The summed E-state index contributed by atoms with van der Waals surface area (Å²) in [4.78, 5) is 0. The molecule has 0 radical (unpaired) electrons. The zero-order chi connectivity index (χ0) is 15.3. The summed E-state index contributed by atoms with van der Waals surface area (Å²) in [5, 5.41) is 15.3. The van der Waals surface area contributed by atoms with Crippen molar-refractivity contribution >= 4 is 32.8 Å². The van der Waals surface area contributed by atoms with Gasteiger partial charge in [0.25, 0.3) is 0 Å². The molecule has 0 amide bonds. The molecule has 0 bridgehead atoms. The maximum absolute atomic E-state index is 12.0. The minimum Gasteiger partial charge on any atom is -0.391 e. The topological polar surface area (TPSA) is 66.4 Å². The Bertz CT molecular complexity index is 654. The normalized spacial score (nSPS) is 13.2. The molecule has 21 heavy (non-hydrogen) atoms. The number of benzene rings is 1. The number of thiophene rings is 1. The summed E-state index contributed by atoms with van der Waals surface area (Å²) < 4.78 is 24.3. The number of rotatable bonds is 7. The Morgan fingerprint density at radius 2 is 1.95 bits per heavy atom. The minimum atomic E-state index is -3.41. The van der Waals surface area contributed by atoms with Gasteiger partial charge in [0.15, 0.2) is 9.84 Å². The first-order chi connectivity index (χ1) is 9.97. The van der Waals surface area contributed by atoms with E-state index in [1.165, 1.54) is 0 Å². The smallest absolute Gasteiger partial charge is 0.190 e. The second-order valence-corrected chi connectivity index (χ2v) is 8.27. The van der Waals surface area contributed by atoms with Crippen molar-refractivity contribution in [2.24, 2.45) is 0 Å². The number of halogens is 1. The second-order valence-electron chi connectivity index (χ2n) is 4.62. The van der Waals surface area contributed by atoms with Gasteiger partial charge in [0.2, 0.25) is 0 Å². The van der Waals surface area contributed by atoms with E-state index >= 15 is 0 Å². The molecule has 0 fully saturated rings. The van der Waals surface area contributed by atoms with Crippen LogP contribution in [0.2, 0.25) is 5.02 Å². The van der Waals surface area contributed by atoms with Crippen molar-refractivity contribution in [3.63, 3.8) is 0 Å². The van der Waals surface area contributed by atoms with Crippen molar-refractivity contribution in [3.05, 3.63) is 52.4 Å². The summed E-state index contributed by atoms with van der Waals surface area (Å²) in [6.07, 6.45) is -0.940. The summed E-state index contributed by atoms with van der Waals surface area (Å²) in [5.74, 6) is -0.277. The minimum absolute atomic E-state index is 0.216. The highest BCUT2D eigenvalue weighted by Gasteiger charge is 2.20. The maximum atomic E-state index is 12.0. The third-order valence-electron chi connectivity index (χ3n) is 2.84. The van der Waals surface area contributed by atoms with Crippen LogP contribution >= 0.6 is 22.9 Å². The number of aliphatic hydroxyl groups excluding tert-OH is 1. The molecule has 0 aliphatic carbocycles. The Labute approximate surface area is 133 Å². The van der Waals surface area contributed by atoms with E-state index in [0.717, 1.165) is 16.9 Å². The molecule has 1 heterocycles. The Morgan fingerprint density at radius 3 is 2.57 bits per heavy atom.